The van der Waals surface area contributed by atoms with Crippen LogP contribution in [0.25, 0.3) is 0 Å². The first-order valence-corrected chi connectivity index (χ1v) is 4.88. The van der Waals surface area contributed by atoms with Crippen molar-refractivity contribution in [2.75, 3.05) is 25.1 Å². The molecule has 0 amide bonds. The van der Waals surface area contributed by atoms with E-state index < -0.39 is 11.7 Å². The Morgan fingerprint density at radius 2 is 2.06 bits per heavy atom. The van der Waals surface area contributed by atoms with E-state index in [0.717, 1.165) is 6.07 Å². The molecular weight excluding hydrogens is 235 g/mol. The van der Waals surface area contributed by atoms with Crippen molar-refractivity contribution in [3.63, 3.8) is 0 Å². The zero-order valence-corrected chi connectivity index (χ0v) is 9.16. The van der Waals surface area contributed by atoms with E-state index in [0.29, 0.717) is 6.29 Å². The van der Waals surface area contributed by atoms with Crippen LogP contribution in [0, 0.1) is 0 Å². The average Bonchev–Trinajstić information content (AvgIpc) is 2.27. The number of rotatable bonds is 4. The van der Waals surface area contributed by atoms with Crippen molar-refractivity contribution in [1.29, 1.82) is 0 Å². The van der Waals surface area contributed by atoms with Gasteiger partial charge in [0.2, 0.25) is 0 Å². The fourth-order valence-corrected chi connectivity index (χ4v) is 1.46. The summed E-state index contributed by atoms with van der Waals surface area (Å²) in [6.07, 6.45) is -4.16. The molecule has 0 fully saturated rings. The highest BCUT2D eigenvalue weighted by atomic mass is 19.4. The SMILES string of the molecule is CN(CCO)c1ccc(C=O)cc1C(F)(F)F. The minimum absolute atomic E-state index is 0.0292. The van der Waals surface area contributed by atoms with Crippen LogP contribution in [0.1, 0.15) is 15.9 Å². The lowest BCUT2D eigenvalue weighted by Crippen LogP contribution is -2.24. The van der Waals surface area contributed by atoms with E-state index >= 15 is 0 Å². The summed E-state index contributed by atoms with van der Waals surface area (Å²) in [5, 5.41) is 8.71. The van der Waals surface area contributed by atoms with Crippen LogP contribution in [-0.2, 0) is 6.18 Å². The maximum atomic E-state index is 12.8. The number of aliphatic hydroxyl groups is 1. The fourth-order valence-electron chi connectivity index (χ4n) is 1.46. The van der Waals surface area contributed by atoms with Crippen LogP contribution in [0.3, 0.4) is 0 Å². The Labute approximate surface area is 96.5 Å². The highest BCUT2D eigenvalue weighted by Crippen LogP contribution is 2.36. The average molecular weight is 247 g/mol. The van der Waals surface area contributed by atoms with E-state index in [9.17, 15) is 18.0 Å². The molecule has 94 valence electrons. The lowest BCUT2D eigenvalue weighted by Gasteiger charge is -2.22. The molecule has 0 spiro atoms. The topological polar surface area (TPSA) is 40.5 Å². The van der Waals surface area contributed by atoms with Gasteiger partial charge in [-0.3, -0.25) is 4.79 Å². The number of aldehydes is 1. The van der Waals surface area contributed by atoms with Gasteiger partial charge in [-0.25, -0.2) is 0 Å². The van der Waals surface area contributed by atoms with Crippen LogP contribution in [0.15, 0.2) is 18.2 Å². The third-order valence-corrected chi connectivity index (χ3v) is 2.31. The van der Waals surface area contributed by atoms with Crippen LogP contribution in [-0.4, -0.2) is 31.6 Å². The van der Waals surface area contributed by atoms with Gasteiger partial charge in [0, 0.05) is 24.8 Å². The third kappa shape index (κ3) is 3.20. The number of nitrogens with zero attached hydrogens (tertiary/aromatic N) is 1. The van der Waals surface area contributed by atoms with Crippen molar-refractivity contribution in [3.05, 3.63) is 29.3 Å². The number of alkyl halides is 3. The summed E-state index contributed by atoms with van der Waals surface area (Å²) in [7, 11) is 1.45. The van der Waals surface area contributed by atoms with E-state index in [2.05, 4.69) is 0 Å². The lowest BCUT2D eigenvalue weighted by atomic mass is 10.1. The zero-order chi connectivity index (χ0) is 13.1. The van der Waals surface area contributed by atoms with Gasteiger partial charge in [-0.2, -0.15) is 13.2 Å². The number of hydrogen-bond acceptors (Lipinski definition) is 3. The van der Waals surface area contributed by atoms with E-state index in [1.165, 1.54) is 24.1 Å². The molecule has 0 heterocycles. The molecule has 0 aliphatic rings. The summed E-state index contributed by atoms with van der Waals surface area (Å²) >= 11 is 0. The summed E-state index contributed by atoms with van der Waals surface area (Å²) in [4.78, 5) is 11.8. The summed E-state index contributed by atoms with van der Waals surface area (Å²) in [5.41, 5.74) is -0.964. The minimum Gasteiger partial charge on any atom is -0.395 e. The Morgan fingerprint density at radius 3 is 2.53 bits per heavy atom. The number of benzene rings is 1. The predicted octanol–water partition coefficient (Wildman–Crippen LogP) is 1.95. The number of aliphatic hydroxyl groups excluding tert-OH is 1. The standard InChI is InChI=1S/C11H12F3NO2/c1-15(4-5-16)10-3-2-8(7-17)6-9(10)11(12,13)14/h2-3,6-7,16H,4-5H2,1H3. The van der Waals surface area contributed by atoms with Crippen molar-refractivity contribution in [3.8, 4) is 0 Å². The zero-order valence-electron chi connectivity index (χ0n) is 9.16. The van der Waals surface area contributed by atoms with Crippen LogP contribution in [0.5, 0.6) is 0 Å². The molecule has 0 radical (unpaired) electrons. The molecule has 3 nitrogen and oxygen atoms in total. The normalized spacial score (nSPS) is 11.4. The monoisotopic (exact) mass is 247 g/mol. The van der Waals surface area contributed by atoms with Crippen LogP contribution < -0.4 is 4.90 Å². The Balaban J connectivity index is 3.24. The molecule has 0 aliphatic carbocycles. The highest BCUT2D eigenvalue weighted by Gasteiger charge is 2.34. The Bertz CT molecular complexity index is 404. The molecule has 17 heavy (non-hydrogen) atoms. The van der Waals surface area contributed by atoms with Crippen LogP contribution in [0.4, 0.5) is 18.9 Å². The number of hydrogen-bond donors (Lipinski definition) is 1. The van der Waals surface area contributed by atoms with E-state index in [-0.39, 0.29) is 24.4 Å². The molecule has 1 N–H and O–H groups in total. The van der Waals surface area contributed by atoms with Gasteiger partial charge in [-0.1, -0.05) is 0 Å². The van der Waals surface area contributed by atoms with Crippen molar-refractivity contribution in [1.82, 2.24) is 0 Å². The number of carbonyl (C=O) groups is 1. The number of anilines is 1. The molecular formula is C11H12F3NO2. The largest absolute Gasteiger partial charge is 0.418 e. The predicted molar refractivity (Wildman–Crippen MR) is 57.2 cm³/mol. The van der Waals surface area contributed by atoms with Crippen LogP contribution in [0.2, 0.25) is 0 Å². The minimum atomic E-state index is -4.53. The highest BCUT2D eigenvalue weighted by molar-refractivity contribution is 5.77. The lowest BCUT2D eigenvalue weighted by molar-refractivity contribution is -0.137. The van der Waals surface area contributed by atoms with Gasteiger partial charge >= 0.3 is 6.18 Å². The van der Waals surface area contributed by atoms with Gasteiger partial charge < -0.3 is 10.0 Å². The second-order valence-electron chi connectivity index (χ2n) is 3.54. The summed E-state index contributed by atoms with van der Waals surface area (Å²) in [6.45, 7) is -0.160. The van der Waals surface area contributed by atoms with Gasteiger partial charge in [0.05, 0.1) is 12.2 Å². The summed E-state index contributed by atoms with van der Waals surface area (Å²) in [5.74, 6) is 0. The molecule has 0 saturated carbocycles. The quantitative estimate of drug-likeness (QED) is 0.827. The second kappa shape index (κ2) is 5.18. The Morgan fingerprint density at radius 1 is 1.41 bits per heavy atom. The van der Waals surface area contributed by atoms with Crippen LogP contribution >= 0.6 is 0 Å². The van der Waals surface area contributed by atoms with Crippen molar-refractivity contribution in [2.24, 2.45) is 0 Å². The maximum absolute atomic E-state index is 12.8. The van der Waals surface area contributed by atoms with E-state index in [1.54, 1.807) is 0 Å². The summed E-state index contributed by atoms with van der Waals surface area (Å²) in [6, 6.07) is 3.34. The first-order chi connectivity index (χ1) is 7.90. The summed E-state index contributed by atoms with van der Waals surface area (Å²) < 4.78 is 38.3. The molecule has 0 aliphatic heterocycles. The van der Waals surface area contributed by atoms with Crippen molar-refractivity contribution < 1.29 is 23.1 Å². The first kappa shape index (κ1) is 13.5. The smallest absolute Gasteiger partial charge is 0.395 e. The fraction of sp³-hybridized carbons (Fsp3) is 0.364. The number of carbonyl (C=O) groups excluding carboxylic acids is 1. The molecule has 1 rings (SSSR count). The molecule has 0 unspecified atom stereocenters. The third-order valence-electron chi connectivity index (χ3n) is 2.31. The maximum Gasteiger partial charge on any atom is 0.418 e. The molecule has 1 aromatic rings. The Kier molecular flexibility index (Phi) is 4.11. The van der Waals surface area contributed by atoms with Gasteiger partial charge in [-0.15, -0.1) is 0 Å². The number of likely N-dealkylation sites (N-methyl/N-ethyl adjacent to an activating group) is 1. The van der Waals surface area contributed by atoms with E-state index in [1.807, 2.05) is 0 Å². The second-order valence-corrected chi connectivity index (χ2v) is 3.54. The Hall–Kier alpha value is -1.56. The van der Waals surface area contributed by atoms with Crippen molar-refractivity contribution >= 4 is 12.0 Å². The van der Waals surface area contributed by atoms with Gasteiger partial charge in [0.15, 0.2) is 0 Å². The molecule has 0 saturated heterocycles. The van der Waals surface area contributed by atoms with Gasteiger partial charge in [-0.05, 0) is 18.2 Å². The first-order valence-electron chi connectivity index (χ1n) is 4.88. The van der Waals surface area contributed by atoms with Crippen molar-refractivity contribution in [2.45, 2.75) is 6.18 Å². The molecule has 0 atom stereocenters. The molecule has 0 aromatic heterocycles. The van der Waals surface area contributed by atoms with Gasteiger partial charge in [0.1, 0.15) is 6.29 Å². The number of halogens is 3. The molecule has 1 aromatic carbocycles. The van der Waals surface area contributed by atoms with E-state index in [4.69, 9.17) is 5.11 Å². The molecule has 0 bridgehead atoms. The molecule has 6 heteroatoms. The van der Waals surface area contributed by atoms with Gasteiger partial charge in [0.25, 0.3) is 0 Å².